The van der Waals surface area contributed by atoms with E-state index in [1.807, 2.05) is 30.3 Å². The van der Waals surface area contributed by atoms with E-state index in [-0.39, 0.29) is 18.5 Å². The van der Waals surface area contributed by atoms with Gasteiger partial charge in [0.15, 0.2) is 0 Å². The van der Waals surface area contributed by atoms with Crippen molar-refractivity contribution in [2.24, 2.45) is 0 Å². The minimum Gasteiger partial charge on any atom is -0.480 e. The molecule has 1 aliphatic rings. The standard InChI is InChI=1S/C14H17NO3S/c16-13(15(8-14(17)18)12-6-7-12)10-19-9-11-4-2-1-3-5-11/h1-5,12H,6-10H2,(H,17,18). The first-order chi connectivity index (χ1) is 9.16. The van der Waals surface area contributed by atoms with E-state index >= 15 is 0 Å². The highest BCUT2D eigenvalue weighted by molar-refractivity contribution is 7.99. The van der Waals surface area contributed by atoms with Crippen LogP contribution in [0.1, 0.15) is 18.4 Å². The zero-order valence-corrected chi connectivity index (χ0v) is 11.4. The smallest absolute Gasteiger partial charge is 0.323 e. The molecule has 0 radical (unpaired) electrons. The molecule has 0 bridgehead atoms. The zero-order chi connectivity index (χ0) is 13.7. The molecule has 1 aromatic rings. The van der Waals surface area contributed by atoms with Crippen molar-refractivity contribution in [1.29, 1.82) is 0 Å². The fourth-order valence-corrected chi connectivity index (χ4v) is 2.74. The van der Waals surface area contributed by atoms with Gasteiger partial charge in [0.1, 0.15) is 6.54 Å². The van der Waals surface area contributed by atoms with Gasteiger partial charge in [0.25, 0.3) is 0 Å². The van der Waals surface area contributed by atoms with Crippen molar-refractivity contribution < 1.29 is 14.7 Å². The molecular weight excluding hydrogens is 262 g/mol. The quantitative estimate of drug-likeness (QED) is 0.829. The Morgan fingerprint density at radius 3 is 2.53 bits per heavy atom. The number of thioether (sulfide) groups is 1. The first kappa shape index (κ1) is 13.9. The van der Waals surface area contributed by atoms with Crippen LogP contribution in [0.25, 0.3) is 0 Å². The maximum Gasteiger partial charge on any atom is 0.323 e. The Balaban J connectivity index is 1.77. The molecule has 4 nitrogen and oxygen atoms in total. The van der Waals surface area contributed by atoms with E-state index in [1.165, 1.54) is 22.2 Å². The van der Waals surface area contributed by atoms with E-state index in [2.05, 4.69) is 0 Å². The molecule has 0 unspecified atom stereocenters. The summed E-state index contributed by atoms with van der Waals surface area (Å²) in [5.41, 5.74) is 1.18. The summed E-state index contributed by atoms with van der Waals surface area (Å²) in [5, 5.41) is 8.81. The molecule has 1 fully saturated rings. The van der Waals surface area contributed by atoms with Gasteiger partial charge in [-0.3, -0.25) is 9.59 Å². The lowest BCUT2D eigenvalue weighted by Gasteiger charge is -2.19. The van der Waals surface area contributed by atoms with Gasteiger partial charge in [-0.2, -0.15) is 0 Å². The number of nitrogens with zero attached hydrogens (tertiary/aromatic N) is 1. The molecule has 1 saturated carbocycles. The van der Waals surface area contributed by atoms with Crippen molar-refractivity contribution in [2.45, 2.75) is 24.6 Å². The number of carboxylic acids is 1. The van der Waals surface area contributed by atoms with E-state index in [9.17, 15) is 9.59 Å². The van der Waals surface area contributed by atoms with Gasteiger partial charge in [0, 0.05) is 11.8 Å². The molecule has 0 aromatic heterocycles. The second-order valence-corrected chi connectivity index (χ2v) is 5.61. The Kier molecular flexibility index (Phi) is 4.85. The second kappa shape index (κ2) is 6.61. The highest BCUT2D eigenvalue weighted by Crippen LogP contribution is 2.27. The van der Waals surface area contributed by atoms with Crippen LogP contribution in [-0.2, 0) is 15.3 Å². The largest absolute Gasteiger partial charge is 0.480 e. The molecule has 1 N–H and O–H groups in total. The number of benzene rings is 1. The minimum absolute atomic E-state index is 0.0640. The third kappa shape index (κ3) is 4.59. The van der Waals surface area contributed by atoms with Gasteiger partial charge in [-0.25, -0.2) is 0 Å². The van der Waals surface area contributed by atoms with Crippen molar-refractivity contribution in [1.82, 2.24) is 4.90 Å². The molecule has 1 aliphatic carbocycles. The van der Waals surface area contributed by atoms with Gasteiger partial charge >= 0.3 is 5.97 Å². The Labute approximate surface area is 116 Å². The van der Waals surface area contributed by atoms with Gasteiger partial charge in [-0.05, 0) is 18.4 Å². The fraction of sp³-hybridized carbons (Fsp3) is 0.429. The number of amides is 1. The van der Waals surface area contributed by atoms with Crippen LogP contribution in [0.15, 0.2) is 30.3 Å². The normalized spacial score (nSPS) is 14.1. The van der Waals surface area contributed by atoms with Crippen molar-refractivity contribution in [2.75, 3.05) is 12.3 Å². The molecule has 102 valence electrons. The molecule has 0 saturated heterocycles. The summed E-state index contributed by atoms with van der Waals surface area (Å²) in [4.78, 5) is 24.2. The lowest BCUT2D eigenvalue weighted by atomic mass is 10.2. The molecular formula is C14H17NO3S. The Morgan fingerprint density at radius 1 is 1.26 bits per heavy atom. The van der Waals surface area contributed by atoms with E-state index in [4.69, 9.17) is 5.11 Å². The third-order valence-electron chi connectivity index (χ3n) is 2.95. The van der Waals surface area contributed by atoms with Crippen LogP contribution in [0.2, 0.25) is 0 Å². The first-order valence-electron chi connectivity index (χ1n) is 6.30. The van der Waals surface area contributed by atoms with Crippen LogP contribution in [0.5, 0.6) is 0 Å². The van der Waals surface area contributed by atoms with E-state index in [0.29, 0.717) is 5.75 Å². The molecule has 5 heteroatoms. The molecule has 1 aromatic carbocycles. The summed E-state index contributed by atoms with van der Waals surface area (Å²) in [6.07, 6.45) is 1.87. The minimum atomic E-state index is -0.937. The van der Waals surface area contributed by atoms with Crippen molar-refractivity contribution in [3.8, 4) is 0 Å². The van der Waals surface area contributed by atoms with Gasteiger partial charge < -0.3 is 10.0 Å². The van der Waals surface area contributed by atoms with Crippen molar-refractivity contribution >= 4 is 23.6 Å². The Hall–Kier alpha value is -1.49. The SMILES string of the molecule is O=C(O)CN(C(=O)CSCc1ccccc1)C1CC1. The third-order valence-corrected chi connectivity index (χ3v) is 3.94. The van der Waals surface area contributed by atoms with Crippen molar-refractivity contribution in [3.05, 3.63) is 35.9 Å². The number of carbonyl (C=O) groups excluding carboxylic acids is 1. The number of carbonyl (C=O) groups is 2. The molecule has 2 rings (SSSR count). The fourth-order valence-electron chi connectivity index (χ4n) is 1.87. The predicted molar refractivity (Wildman–Crippen MR) is 75.0 cm³/mol. The van der Waals surface area contributed by atoms with Crippen molar-refractivity contribution in [3.63, 3.8) is 0 Å². The Morgan fingerprint density at radius 2 is 1.95 bits per heavy atom. The van der Waals surface area contributed by atoms with Crippen LogP contribution in [-0.4, -0.2) is 40.2 Å². The summed E-state index contributed by atoms with van der Waals surface area (Å²) in [6.45, 7) is -0.171. The topological polar surface area (TPSA) is 57.6 Å². The van der Waals surface area contributed by atoms with E-state index in [1.54, 1.807) is 0 Å². The average molecular weight is 279 g/mol. The predicted octanol–water partition coefficient (Wildman–Crippen LogP) is 2.00. The summed E-state index contributed by atoms with van der Waals surface area (Å²) >= 11 is 1.53. The molecule has 0 spiro atoms. The van der Waals surface area contributed by atoms with Crippen LogP contribution in [0.3, 0.4) is 0 Å². The summed E-state index contributed by atoms with van der Waals surface area (Å²) in [7, 11) is 0. The Bertz CT molecular complexity index is 445. The molecule has 0 aliphatic heterocycles. The molecule has 1 amide bonds. The molecule has 19 heavy (non-hydrogen) atoms. The lowest BCUT2D eigenvalue weighted by Crippen LogP contribution is -2.38. The number of hydrogen-bond acceptors (Lipinski definition) is 3. The number of rotatable bonds is 7. The average Bonchev–Trinajstić information content (AvgIpc) is 3.21. The number of aliphatic carboxylic acids is 1. The maximum absolute atomic E-state index is 12.0. The highest BCUT2D eigenvalue weighted by atomic mass is 32.2. The summed E-state index contributed by atoms with van der Waals surface area (Å²) in [6, 6.07) is 10.1. The second-order valence-electron chi connectivity index (χ2n) is 4.62. The molecule has 0 heterocycles. The summed E-state index contributed by atoms with van der Waals surface area (Å²) < 4.78 is 0. The number of carboxylic acid groups (broad SMARTS) is 1. The molecule has 0 atom stereocenters. The van der Waals surface area contributed by atoms with Crippen LogP contribution in [0, 0.1) is 0 Å². The van der Waals surface area contributed by atoms with E-state index < -0.39 is 5.97 Å². The van der Waals surface area contributed by atoms with Crippen LogP contribution in [0.4, 0.5) is 0 Å². The van der Waals surface area contributed by atoms with E-state index in [0.717, 1.165) is 18.6 Å². The van der Waals surface area contributed by atoms with Crippen LogP contribution >= 0.6 is 11.8 Å². The van der Waals surface area contributed by atoms with Gasteiger partial charge in [0.2, 0.25) is 5.91 Å². The van der Waals surface area contributed by atoms with Gasteiger partial charge in [0.05, 0.1) is 5.75 Å². The van der Waals surface area contributed by atoms with Gasteiger partial charge in [-0.1, -0.05) is 30.3 Å². The summed E-state index contributed by atoms with van der Waals surface area (Å²) in [5.74, 6) is 0.121. The first-order valence-corrected chi connectivity index (χ1v) is 7.45. The van der Waals surface area contributed by atoms with Gasteiger partial charge in [-0.15, -0.1) is 11.8 Å². The maximum atomic E-state index is 12.0. The zero-order valence-electron chi connectivity index (χ0n) is 10.6. The van der Waals surface area contributed by atoms with Crippen LogP contribution < -0.4 is 0 Å². The lowest BCUT2D eigenvalue weighted by molar-refractivity contribution is -0.143. The monoisotopic (exact) mass is 279 g/mol. The highest BCUT2D eigenvalue weighted by Gasteiger charge is 2.33. The number of hydrogen-bond donors (Lipinski definition) is 1.